The van der Waals surface area contributed by atoms with Crippen molar-refractivity contribution in [2.75, 3.05) is 26.3 Å². The number of rotatable bonds is 7. The van der Waals surface area contributed by atoms with Crippen molar-refractivity contribution >= 4 is 11.1 Å². The van der Waals surface area contributed by atoms with Crippen LogP contribution in [0.4, 0.5) is 8.78 Å². The molecule has 0 radical (unpaired) electrons. The van der Waals surface area contributed by atoms with Gasteiger partial charge in [-0.1, -0.05) is 54.6 Å². The fraction of sp³-hybridized carbons (Fsp3) is 0.355. The van der Waals surface area contributed by atoms with Crippen molar-refractivity contribution in [1.29, 1.82) is 0 Å². The van der Waals surface area contributed by atoms with Crippen molar-refractivity contribution in [1.82, 2.24) is 4.90 Å². The molecule has 0 spiro atoms. The van der Waals surface area contributed by atoms with Gasteiger partial charge in [-0.25, -0.2) is 4.39 Å². The largest absolute Gasteiger partial charge is 0.303 e. The van der Waals surface area contributed by atoms with Gasteiger partial charge in [0.05, 0.1) is 6.67 Å². The van der Waals surface area contributed by atoms with E-state index in [1.165, 1.54) is 33.4 Å². The van der Waals surface area contributed by atoms with Gasteiger partial charge in [0.2, 0.25) is 0 Å². The zero-order valence-corrected chi connectivity index (χ0v) is 20.0. The Hall–Kier alpha value is -2.78. The van der Waals surface area contributed by atoms with E-state index in [9.17, 15) is 8.78 Å². The minimum absolute atomic E-state index is 0.180. The molecule has 0 unspecified atom stereocenters. The number of hydrogen-bond donors (Lipinski definition) is 0. The van der Waals surface area contributed by atoms with Gasteiger partial charge in [0, 0.05) is 19.6 Å². The minimum atomic E-state index is -0.221. The Bertz CT molecular complexity index is 1170. The van der Waals surface area contributed by atoms with Crippen LogP contribution in [0.15, 0.2) is 66.7 Å². The summed E-state index contributed by atoms with van der Waals surface area (Å²) in [6, 6.07) is 23.0. The number of fused-ring (bicyclic) bond motifs is 1. The lowest BCUT2D eigenvalue weighted by molar-refractivity contribution is 0.0968. The van der Waals surface area contributed by atoms with Crippen LogP contribution in [0.5, 0.6) is 0 Å². The van der Waals surface area contributed by atoms with Crippen molar-refractivity contribution < 1.29 is 8.78 Å². The van der Waals surface area contributed by atoms with E-state index >= 15 is 0 Å². The third-order valence-electron chi connectivity index (χ3n) is 7.38. The number of nitrogens with zero attached hydrogens (tertiary/aromatic N) is 1. The molecular weight excluding hydrogens is 424 g/mol. The minimum Gasteiger partial charge on any atom is -0.303 e. The van der Waals surface area contributed by atoms with E-state index in [1.807, 2.05) is 13.0 Å². The normalized spacial score (nSPS) is 16.8. The standard InChI is InChI=1S/C31H33F2N/c1-22-18-27(33)14-15-28(22)30-9-4-7-25-6-2-3-8-29(25)31(30)26-12-10-23(11-13-26)19-24-20-34(21-24)17-5-16-32/h2-3,6,8,10-15,18,24H,4-5,7,9,16-17,19-21H2,1H3. The van der Waals surface area contributed by atoms with Crippen molar-refractivity contribution in [3.8, 4) is 0 Å². The van der Waals surface area contributed by atoms with Crippen LogP contribution in [-0.4, -0.2) is 31.2 Å². The zero-order valence-electron chi connectivity index (χ0n) is 20.0. The van der Waals surface area contributed by atoms with Crippen LogP contribution in [0.2, 0.25) is 0 Å². The number of halogens is 2. The van der Waals surface area contributed by atoms with Crippen LogP contribution in [0.25, 0.3) is 11.1 Å². The van der Waals surface area contributed by atoms with E-state index in [1.54, 1.807) is 12.1 Å². The lowest BCUT2D eigenvalue weighted by Crippen LogP contribution is -2.47. The first kappa shape index (κ1) is 23.0. The quantitative estimate of drug-likeness (QED) is 0.361. The molecule has 176 valence electrons. The van der Waals surface area contributed by atoms with E-state index in [2.05, 4.69) is 53.4 Å². The molecule has 1 fully saturated rings. The first-order valence-corrected chi connectivity index (χ1v) is 12.6. The molecule has 0 N–H and O–H groups in total. The van der Waals surface area contributed by atoms with Crippen LogP contribution in [0, 0.1) is 18.7 Å². The summed E-state index contributed by atoms with van der Waals surface area (Å²) >= 11 is 0. The molecule has 1 aliphatic heterocycles. The summed E-state index contributed by atoms with van der Waals surface area (Å²) in [7, 11) is 0. The van der Waals surface area contributed by atoms with Gasteiger partial charge in [-0.3, -0.25) is 4.39 Å². The second kappa shape index (κ2) is 10.2. The van der Waals surface area contributed by atoms with Gasteiger partial charge < -0.3 is 4.90 Å². The Kier molecular flexibility index (Phi) is 6.92. The van der Waals surface area contributed by atoms with Crippen LogP contribution in [0.3, 0.4) is 0 Å². The van der Waals surface area contributed by atoms with Crippen molar-refractivity contribution in [3.05, 3.63) is 106 Å². The molecule has 0 saturated carbocycles. The summed E-state index contributed by atoms with van der Waals surface area (Å²) in [6.07, 6.45) is 4.85. The Morgan fingerprint density at radius 1 is 0.912 bits per heavy atom. The van der Waals surface area contributed by atoms with Crippen LogP contribution < -0.4 is 0 Å². The maximum atomic E-state index is 13.9. The molecule has 1 saturated heterocycles. The molecule has 0 amide bonds. The topological polar surface area (TPSA) is 3.24 Å². The summed E-state index contributed by atoms with van der Waals surface area (Å²) in [5, 5.41) is 0. The monoisotopic (exact) mass is 457 g/mol. The number of benzene rings is 3. The Labute approximate surface area is 202 Å². The maximum Gasteiger partial charge on any atom is 0.123 e. The summed E-state index contributed by atoms with van der Waals surface area (Å²) in [6.45, 7) is 4.83. The molecule has 0 aromatic heterocycles. The second-order valence-corrected chi connectivity index (χ2v) is 9.89. The van der Waals surface area contributed by atoms with E-state index in [-0.39, 0.29) is 12.5 Å². The Morgan fingerprint density at radius 2 is 1.71 bits per heavy atom. The molecule has 3 aromatic rings. The van der Waals surface area contributed by atoms with Crippen molar-refractivity contribution in [2.45, 2.75) is 39.0 Å². The van der Waals surface area contributed by atoms with Gasteiger partial charge in [0.25, 0.3) is 0 Å². The highest BCUT2D eigenvalue weighted by Gasteiger charge is 2.26. The molecule has 5 rings (SSSR count). The first-order valence-electron chi connectivity index (χ1n) is 12.6. The van der Waals surface area contributed by atoms with Gasteiger partial charge in [-0.2, -0.15) is 0 Å². The van der Waals surface area contributed by atoms with E-state index in [0.29, 0.717) is 12.3 Å². The predicted molar refractivity (Wildman–Crippen MR) is 137 cm³/mol. The third kappa shape index (κ3) is 4.86. The molecule has 34 heavy (non-hydrogen) atoms. The highest BCUT2D eigenvalue weighted by molar-refractivity contribution is 6.00. The summed E-state index contributed by atoms with van der Waals surface area (Å²) in [4.78, 5) is 2.35. The van der Waals surface area contributed by atoms with E-state index in [0.717, 1.165) is 56.4 Å². The van der Waals surface area contributed by atoms with E-state index < -0.39 is 0 Å². The van der Waals surface area contributed by atoms with Crippen LogP contribution in [-0.2, 0) is 12.8 Å². The average Bonchev–Trinajstić information content (AvgIpc) is 3.00. The van der Waals surface area contributed by atoms with Gasteiger partial charge in [0.1, 0.15) is 5.82 Å². The lowest BCUT2D eigenvalue weighted by atomic mass is 9.85. The van der Waals surface area contributed by atoms with Crippen LogP contribution >= 0.6 is 0 Å². The number of alkyl halides is 1. The molecule has 1 nitrogen and oxygen atoms in total. The summed E-state index contributed by atoms with van der Waals surface area (Å²) in [5.74, 6) is 0.488. The number of aryl methyl sites for hydroxylation is 2. The van der Waals surface area contributed by atoms with Gasteiger partial charge in [0.15, 0.2) is 0 Å². The molecule has 0 bridgehead atoms. The fourth-order valence-electron chi connectivity index (χ4n) is 5.70. The predicted octanol–water partition coefficient (Wildman–Crippen LogP) is 7.26. The van der Waals surface area contributed by atoms with Gasteiger partial charge >= 0.3 is 0 Å². The van der Waals surface area contributed by atoms with Crippen molar-refractivity contribution in [3.63, 3.8) is 0 Å². The first-order chi connectivity index (χ1) is 16.6. The summed E-state index contributed by atoms with van der Waals surface area (Å²) < 4.78 is 26.3. The lowest BCUT2D eigenvalue weighted by Gasteiger charge is -2.39. The fourth-order valence-corrected chi connectivity index (χ4v) is 5.70. The smallest absolute Gasteiger partial charge is 0.123 e. The van der Waals surface area contributed by atoms with Gasteiger partial charge in [-0.05, 0) is 102 Å². The summed E-state index contributed by atoms with van der Waals surface area (Å²) in [5.41, 5.74) is 10.0. The third-order valence-corrected chi connectivity index (χ3v) is 7.38. The number of hydrogen-bond acceptors (Lipinski definition) is 1. The Balaban J connectivity index is 1.47. The Morgan fingerprint density at radius 3 is 2.47 bits per heavy atom. The molecule has 2 aliphatic rings. The van der Waals surface area contributed by atoms with Crippen LogP contribution in [0.1, 0.15) is 52.6 Å². The van der Waals surface area contributed by atoms with Crippen molar-refractivity contribution in [2.24, 2.45) is 5.92 Å². The second-order valence-electron chi connectivity index (χ2n) is 9.89. The highest BCUT2D eigenvalue weighted by Crippen LogP contribution is 2.40. The number of likely N-dealkylation sites (tertiary alicyclic amines) is 1. The van der Waals surface area contributed by atoms with Gasteiger partial charge in [-0.15, -0.1) is 0 Å². The van der Waals surface area contributed by atoms with E-state index in [4.69, 9.17) is 0 Å². The molecule has 1 heterocycles. The zero-order chi connectivity index (χ0) is 23.5. The SMILES string of the molecule is Cc1cc(F)ccc1C1=C(c2ccc(CC3CN(CCCF)C3)cc2)c2ccccc2CCC1. The molecule has 3 aromatic carbocycles. The molecule has 0 atom stereocenters. The molecular formula is C31H33F2N. The molecule has 1 aliphatic carbocycles. The highest BCUT2D eigenvalue weighted by atomic mass is 19.1. The number of allylic oxidation sites excluding steroid dienone is 1. The maximum absolute atomic E-state index is 13.9. The molecule has 3 heteroatoms. The average molecular weight is 458 g/mol.